The van der Waals surface area contributed by atoms with Gasteiger partial charge in [0.2, 0.25) is 0 Å². The van der Waals surface area contributed by atoms with Crippen LogP contribution in [-0.2, 0) is 7.05 Å². The Morgan fingerprint density at radius 2 is 2.14 bits per heavy atom. The van der Waals surface area contributed by atoms with E-state index >= 15 is 0 Å². The number of rotatable bonds is 0. The van der Waals surface area contributed by atoms with Crippen LogP contribution in [0.1, 0.15) is 11.3 Å². The lowest BCUT2D eigenvalue weighted by Gasteiger charge is -1.96. The number of aromatic nitrogens is 1. The molecule has 0 saturated heterocycles. The highest BCUT2D eigenvalue weighted by atomic mass is 79.9. The average molecular weight is 249 g/mol. The van der Waals surface area contributed by atoms with Gasteiger partial charge in [-0.2, -0.15) is 5.26 Å². The van der Waals surface area contributed by atoms with Gasteiger partial charge in [-0.3, -0.25) is 0 Å². The molecule has 0 unspecified atom stereocenters. The third-order valence-corrected chi connectivity index (χ3v) is 3.01. The molecule has 0 aliphatic carbocycles. The maximum absolute atomic E-state index is 8.99. The van der Waals surface area contributed by atoms with Crippen LogP contribution in [0.5, 0.6) is 0 Å². The Labute approximate surface area is 90.9 Å². The molecule has 70 valence electrons. The van der Waals surface area contributed by atoms with Crippen molar-refractivity contribution >= 4 is 26.8 Å². The van der Waals surface area contributed by atoms with Crippen molar-refractivity contribution in [1.29, 1.82) is 5.26 Å². The smallest absolute Gasteiger partial charge is 0.123 e. The van der Waals surface area contributed by atoms with Crippen LogP contribution in [0.2, 0.25) is 0 Å². The molecule has 0 atom stereocenters. The van der Waals surface area contributed by atoms with Crippen LogP contribution in [0, 0.1) is 18.3 Å². The van der Waals surface area contributed by atoms with E-state index in [1.165, 1.54) is 0 Å². The summed E-state index contributed by atoms with van der Waals surface area (Å²) in [6.07, 6.45) is 0. The highest BCUT2D eigenvalue weighted by Crippen LogP contribution is 2.26. The Balaban J connectivity index is 2.96. The molecule has 0 radical (unpaired) electrons. The van der Waals surface area contributed by atoms with Gasteiger partial charge in [-0.1, -0.05) is 22.0 Å². The van der Waals surface area contributed by atoms with Gasteiger partial charge < -0.3 is 4.57 Å². The molecule has 1 aromatic heterocycles. The first-order chi connectivity index (χ1) is 6.65. The van der Waals surface area contributed by atoms with Gasteiger partial charge in [0.15, 0.2) is 0 Å². The lowest BCUT2D eigenvalue weighted by atomic mass is 10.1. The first-order valence-corrected chi connectivity index (χ1v) is 5.09. The zero-order valence-electron chi connectivity index (χ0n) is 8.00. The second kappa shape index (κ2) is 3.14. The van der Waals surface area contributed by atoms with E-state index in [1.807, 2.05) is 36.7 Å². The van der Waals surface area contributed by atoms with E-state index in [0.29, 0.717) is 0 Å². The molecule has 2 aromatic rings. The van der Waals surface area contributed by atoms with Gasteiger partial charge in [-0.25, -0.2) is 0 Å². The van der Waals surface area contributed by atoms with Crippen LogP contribution in [0.4, 0.5) is 0 Å². The maximum Gasteiger partial charge on any atom is 0.123 e. The predicted molar refractivity (Wildman–Crippen MR) is 60.1 cm³/mol. The van der Waals surface area contributed by atoms with E-state index in [-0.39, 0.29) is 0 Å². The molecular weight excluding hydrogens is 240 g/mol. The molecule has 3 heteroatoms. The summed E-state index contributed by atoms with van der Waals surface area (Å²) in [5, 5.41) is 10.1. The molecule has 0 amide bonds. The first kappa shape index (κ1) is 9.29. The van der Waals surface area contributed by atoms with Crippen LogP contribution >= 0.6 is 15.9 Å². The number of hydrogen-bond acceptors (Lipinski definition) is 1. The first-order valence-electron chi connectivity index (χ1n) is 4.30. The summed E-state index contributed by atoms with van der Waals surface area (Å²) in [4.78, 5) is 0. The second-order valence-corrected chi connectivity index (χ2v) is 4.22. The fourth-order valence-corrected chi connectivity index (χ4v) is 2.11. The van der Waals surface area contributed by atoms with E-state index in [0.717, 1.165) is 26.6 Å². The minimum absolute atomic E-state index is 0.734. The molecule has 2 nitrogen and oxygen atoms in total. The fourth-order valence-electron chi connectivity index (χ4n) is 1.76. The van der Waals surface area contributed by atoms with Crippen molar-refractivity contribution in [1.82, 2.24) is 4.57 Å². The SMILES string of the molecule is Cc1c(C#N)n(C)c2cc(Br)ccc12. The van der Waals surface area contributed by atoms with Crippen LogP contribution in [-0.4, -0.2) is 4.57 Å². The summed E-state index contributed by atoms with van der Waals surface area (Å²) in [6, 6.07) is 8.28. The Morgan fingerprint density at radius 1 is 1.43 bits per heavy atom. The molecule has 0 saturated carbocycles. The van der Waals surface area contributed by atoms with E-state index in [2.05, 4.69) is 22.0 Å². The van der Waals surface area contributed by atoms with Gasteiger partial charge in [0, 0.05) is 16.9 Å². The summed E-state index contributed by atoms with van der Waals surface area (Å²) >= 11 is 3.43. The number of aryl methyl sites for hydroxylation is 2. The van der Waals surface area contributed by atoms with E-state index in [9.17, 15) is 0 Å². The third-order valence-electron chi connectivity index (χ3n) is 2.52. The monoisotopic (exact) mass is 248 g/mol. The molecule has 0 spiro atoms. The normalized spacial score (nSPS) is 10.4. The third kappa shape index (κ3) is 1.15. The average Bonchev–Trinajstić information content (AvgIpc) is 2.39. The van der Waals surface area contributed by atoms with Crippen LogP contribution < -0.4 is 0 Å². The van der Waals surface area contributed by atoms with Crippen molar-refractivity contribution in [2.45, 2.75) is 6.92 Å². The van der Waals surface area contributed by atoms with Crippen molar-refractivity contribution in [2.24, 2.45) is 7.05 Å². The van der Waals surface area contributed by atoms with Gasteiger partial charge in [-0.05, 0) is 24.6 Å². The zero-order chi connectivity index (χ0) is 10.3. The summed E-state index contributed by atoms with van der Waals surface area (Å²) in [5.74, 6) is 0. The minimum Gasteiger partial charge on any atom is -0.335 e. The highest BCUT2D eigenvalue weighted by Gasteiger charge is 2.10. The summed E-state index contributed by atoms with van der Waals surface area (Å²) < 4.78 is 2.96. The quantitative estimate of drug-likeness (QED) is 0.705. The number of benzene rings is 1. The Hall–Kier alpha value is -1.27. The molecule has 0 fully saturated rings. The predicted octanol–water partition coefficient (Wildman–Crippen LogP) is 3.12. The lowest BCUT2D eigenvalue weighted by Crippen LogP contribution is -1.91. The highest BCUT2D eigenvalue weighted by molar-refractivity contribution is 9.10. The lowest BCUT2D eigenvalue weighted by molar-refractivity contribution is 0.940. The van der Waals surface area contributed by atoms with E-state index in [4.69, 9.17) is 5.26 Å². The van der Waals surface area contributed by atoms with Crippen molar-refractivity contribution in [3.05, 3.63) is 33.9 Å². The molecule has 14 heavy (non-hydrogen) atoms. The van der Waals surface area contributed by atoms with Crippen LogP contribution in [0.15, 0.2) is 22.7 Å². The van der Waals surface area contributed by atoms with Gasteiger partial charge >= 0.3 is 0 Å². The standard InChI is InChI=1S/C11H9BrN2/c1-7-9-4-3-8(12)5-10(9)14(2)11(7)6-13/h3-5H,1-2H3. The number of halogens is 1. The maximum atomic E-state index is 8.99. The van der Waals surface area contributed by atoms with Crippen molar-refractivity contribution in [3.63, 3.8) is 0 Å². The zero-order valence-corrected chi connectivity index (χ0v) is 9.59. The van der Waals surface area contributed by atoms with Crippen molar-refractivity contribution in [2.75, 3.05) is 0 Å². The van der Waals surface area contributed by atoms with Crippen LogP contribution in [0.25, 0.3) is 10.9 Å². The summed E-state index contributed by atoms with van der Waals surface area (Å²) in [7, 11) is 1.92. The molecule has 0 aliphatic heterocycles. The molecule has 2 rings (SSSR count). The molecule has 1 heterocycles. The Kier molecular flexibility index (Phi) is 2.09. The second-order valence-electron chi connectivity index (χ2n) is 3.31. The van der Waals surface area contributed by atoms with E-state index in [1.54, 1.807) is 0 Å². The summed E-state index contributed by atoms with van der Waals surface area (Å²) in [5.41, 5.74) is 2.88. The fraction of sp³-hybridized carbons (Fsp3) is 0.182. The van der Waals surface area contributed by atoms with Gasteiger partial charge in [0.1, 0.15) is 11.8 Å². The van der Waals surface area contributed by atoms with E-state index < -0.39 is 0 Å². The van der Waals surface area contributed by atoms with Crippen molar-refractivity contribution in [3.8, 4) is 6.07 Å². The van der Waals surface area contributed by atoms with Crippen LogP contribution in [0.3, 0.4) is 0 Å². The molecular formula is C11H9BrN2. The molecule has 0 N–H and O–H groups in total. The topological polar surface area (TPSA) is 28.7 Å². The molecule has 1 aromatic carbocycles. The molecule has 0 bridgehead atoms. The Morgan fingerprint density at radius 3 is 2.79 bits per heavy atom. The summed E-state index contributed by atoms with van der Waals surface area (Å²) in [6.45, 7) is 1.98. The minimum atomic E-state index is 0.734. The Bertz CT molecular complexity index is 546. The van der Waals surface area contributed by atoms with Gasteiger partial charge in [-0.15, -0.1) is 0 Å². The molecule has 0 aliphatic rings. The number of fused-ring (bicyclic) bond motifs is 1. The largest absolute Gasteiger partial charge is 0.335 e. The van der Waals surface area contributed by atoms with Crippen molar-refractivity contribution < 1.29 is 0 Å². The van der Waals surface area contributed by atoms with Gasteiger partial charge in [0.25, 0.3) is 0 Å². The number of nitrogens with zero attached hydrogens (tertiary/aromatic N) is 2. The van der Waals surface area contributed by atoms with Gasteiger partial charge in [0.05, 0.1) is 5.52 Å². The number of nitriles is 1. The number of hydrogen-bond donors (Lipinski definition) is 0.